The van der Waals surface area contributed by atoms with E-state index in [1.165, 1.54) is 11.1 Å². The number of benzene rings is 1. The molecule has 0 bridgehead atoms. The fraction of sp³-hybridized carbons (Fsp3) is 0.353. The molecule has 3 rings (SSSR count). The Morgan fingerprint density at radius 1 is 1.09 bits per heavy atom. The van der Waals surface area contributed by atoms with Crippen molar-refractivity contribution >= 4 is 22.7 Å². The van der Waals surface area contributed by atoms with E-state index in [-0.39, 0.29) is 0 Å². The van der Waals surface area contributed by atoms with Crippen LogP contribution in [0.5, 0.6) is 0 Å². The predicted octanol–water partition coefficient (Wildman–Crippen LogP) is 4.28. The van der Waals surface area contributed by atoms with E-state index in [2.05, 4.69) is 61.2 Å². The molecule has 0 saturated heterocycles. The summed E-state index contributed by atoms with van der Waals surface area (Å²) in [5.74, 6) is 0.323. The summed E-state index contributed by atoms with van der Waals surface area (Å²) in [5.41, 5.74) is 5.67. The Labute approximate surface area is 134 Å². The first-order chi connectivity index (χ1) is 10.5. The van der Waals surface area contributed by atoms with Gasteiger partial charge in [-0.05, 0) is 49.3 Å². The van der Waals surface area contributed by atoms with Crippen LogP contribution < -0.4 is 0 Å². The molecular formula is C17H20N4S. The van der Waals surface area contributed by atoms with E-state index in [1.54, 1.807) is 11.8 Å². The number of aryl methyl sites for hydroxylation is 2. The highest BCUT2D eigenvalue weighted by Gasteiger charge is 2.17. The van der Waals surface area contributed by atoms with Crippen molar-refractivity contribution in [3.63, 3.8) is 0 Å². The summed E-state index contributed by atoms with van der Waals surface area (Å²) in [5, 5.41) is 15.4. The van der Waals surface area contributed by atoms with Gasteiger partial charge in [-0.25, -0.2) is 4.68 Å². The van der Waals surface area contributed by atoms with Crippen molar-refractivity contribution in [2.75, 3.05) is 6.26 Å². The van der Waals surface area contributed by atoms with E-state index in [0.29, 0.717) is 5.92 Å². The first kappa shape index (κ1) is 15.0. The average molecular weight is 312 g/mol. The number of aromatic nitrogens is 4. The van der Waals surface area contributed by atoms with Crippen molar-refractivity contribution in [1.29, 1.82) is 0 Å². The minimum Gasteiger partial charge on any atom is -0.230 e. The third-order valence-electron chi connectivity index (χ3n) is 3.97. The van der Waals surface area contributed by atoms with Crippen molar-refractivity contribution in [2.24, 2.45) is 0 Å². The minimum atomic E-state index is 0.323. The molecule has 4 nitrogen and oxygen atoms in total. The van der Waals surface area contributed by atoms with Crippen molar-refractivity contribution in [1.82, 2.24) is 20.0 Å². The molecule has 0 saturated carbocycles. The highest BCUT2D eigenvalue weighted by molar-refractivity contribution is 7.98. The van der Waals surface area contributed by atoms with Crippen molar-refractivity contribution in [3.8, 4) is 5.69 Å². The Bertz CT molecular complexity index is 836. The van der Waals surface area contributed by atoms with Gasteiger partial charge in [0.2, 0.25) is 0 Å². The van der Waals surface area contributed by atoms with Gasteiger partial charge in [-0.2, -0.15) is 10.2 Å². The largest absolute Gasteiger partial charge is 0.230 e. The molecule has 0 aliphatic carbocycles. The van der Waals surface area contributed by atoms with E-state index in [4.69, 9.17) is 0 Å². The van der Waals surface area contributed by atoms with Crippen LogP contribution in [0.4, 0.5) is 0 Å². The molecule has 114 valence electrons. The van der Waals surface area contributed by atoms with Crippen LogP contribution in [0.25, 0.3) is 16.6 Å². The van der Waals surface area contributed by atoms with Gasteiger partial charge in [0.25, 0.3) is 0 Å². The quantitative estimate of drug-likeness (QED) is 0.677. The summed E-state index contributed by atoms with van der Waals surface area (Å²) < 4.78 is 1.98. The second-order valence-corrected chi connectivity index (χ2v) is 6.63. The highest BCUT2D eigenvalue weighted by Crippen LogP contribution is 2.30. The van der Waals surface area contributed by atoms with E-state index < -0.39 is 0 Å². The molecule has 0 aliphatic rings. The van der Waals surface area contributed by atoms with Gasteiger partial charge in [0.1, 0.15) is 10.5 Å². The summed E-state index contributed by atoms with van der Waals surface area (Å²) in [4.78, 5) is 0. The average Bonchev–Trinajstić information content (AvgIpc) is 2.93. The van der Waals surface area contributed by atoms with Crippen LogP contribution in [-0.2, 0) is 0 Å². The van der Waals surface area contributed by atoms with Gasteiger partial charge >= 0.3 is 0 Å². The van der Waals surface area contributed by atoms with Crippen LogP contribution in [0.3, 0.4) is 0 Å². The summed E-state index contributed by atoms with van der Waals surface area (Å²) in [6.45, 7) is 8.51. The van der Waals surface area contributed by atoms with Gasteiger partial charge in [-0.1, -0.05) is 19.9 Å². The first-order valence-corrected chi connectivity index (χ1v) is 8.61. The van der Waals surface area contributed by atoms with E-state index >= 15 is 0 Å². The molecule has 22 heavy (non-hydrogen) atoms. The SMILES string of the molecule is CSc1nnc(C(C)C)c2cnn(-c3ccc(C)c(C)c3)c12. The molecule has 0 N–H and O–H groups in total. The molecule has 0 atom stereocenters. The molecule has 2 heterocycles. The maximum Gasteiger partial charge on any atom is 0.145 e. The summed E-state index contributed by atoms with van der Waals surface area (Å²) in [6, 6.07) is 6.41. The molecule has 0 amide bonds. The number of nitrogens with zero attached hydrogens (tertiary/aromatic N) is 4. The van der Waals surface area contributed by atoms with Gasteiger partial charge < -0.3 is 0 Å². The maximum absolute atomic E-state index is 4.61. The van der Waals surface area contributed by atoms with Crippen molar-refractivity contribution < 1.29 is 0 Å². The Balaban J connectivity index is 2.30. The fourth-order valence-electron chi connectivity index (χ4n) is 2.56. The number of fused-ring (bicyclic) bond motifs is 1. The minimum absolute atomic E-state index is 0.323. The lowest BCUT2D eigenvalue weighted by molar-refractivity contribution is 0.776. The van der Waals surface area contributed by atoms with E-state index in [9.17, 15) is 0 Å². The van der Waals surface area contributed by atoms with Gasteiger partial charge in [-0.3, -0.25) is 0 Å². The third kappa shape index (κ3) is 2.39. The lowest BCUT2D eigenvalue weighted by Gasteiger charge is -2.10. The molecule has 0 radical (unpaired) electrons. The standard InChI is InChI=1S/C17H20N4S/c1-10(2)15-14-9-18-21(16(14)17(22-5)20-19-15)13-7-6-11(3)12(4)8-13/h6-10H,1-5H3. The second-order valence-electron chi connectivity index (χ2n) is 5.84. The van der Waals surface area contributed by atoms with E-state index in [0.717, 1.165) is 27.3 Å². The zero-order chi connectivity index (χ0) is 15.9. The van der Waals surface area contributed by atoms with Gasteiger partial charge in [-0.15, -0.1) is 16.9 Å². The molecule has 1 aromatic carbocycles. The lowest BCUT2D eigenvalue weighted by atomic mass is 10.1. The van der Waals surface area contributed by atoms with Crippen molar-refractivity contribution in [3.05, 3.63) is 41.2 Å². The molecule has 3 aromatic rings. The summed E-state index contributed by atoms with van der Waals surface area (Å²) in [6.07, 6.45) is 3.94. The Hall–Kier alpha value is -1.88. The second kappa shape index (κ2) is 5.72. The third-order valence-corrected chi connectivity index (χ3v) is 4.63. The zero-order valence-corrected chi connectivity index (χ0v) is 14.4. The number of hydrogen-bond acceptors (Lipinski definition) is 4. The monoisotopic (exact) mass is 312 g/mol. The van der Waals surface area contributed by atoms with Crippen molar-refractivity contribution in [2.45, 2.75) is 38.6 Å². The van der Waals surface area contributed by atoms with Gasteiger partial charge in [0.05, 0.1) is 17.6 Å². The molecule has 5 heteroatoms. The highest BCUT2D eigenvalue weighted by atomic mass is 32.2. The van der Waals surface area contributed by atoms with Crippen LogP contribution in [0.2, 0.25) is 0 Å². The summed E-state index contributed by atoms with van der Waals surface area (Å²) >= 11 is 1.61. The predicted molar refractivity (Wildman–Crippen MR) is 92.0 cm³/mol. The molecular weight excluding hydrogens is 292 g/mol. The van der Waals surface area contributed by atoms with Crippen LogP contribution >= 0.6 is 11.8 Å². The first-order valence-electron chi connectivity index (χ1n) is 7.39. The Morgan fingerprint density at radius 2 is 1.86 bits per heavy atom. The Morgan fingerprint density at radius 3 is 2.50 bits per heavy atom. The van der Waals surface area contributed by atoms with Crippen LogP contribution in [0.15, 0.2) is 29.4 Å². The fourth-order valence-corrected chi connectivity index (χ4v) is 3.07. The summed E-state index contributed by atoms with van der Waals surface area (Å²) in [7, 11) is 0. The molecule has 0 fully saturated rings. The molecule has 0 aliphatic heterocycles. The normalized spacial score (nSPS) is 11.5. The van der Waals surface area contributed by atoms with Gasteiger partial charge in [0, 0.05) is 5.39 Å². The van der Waals surface area contributed by atoms with Crippen LogP contribution in [-0.4, -0.2) is 26.2 Å². The van der Waals surface area contributed by atoms with E-state index in [1.807, 2.05) is 17.1 Å². The van der Waals surface area contributed by atoms with Crippen LogP contribution in [0, 0.1) is 13.8 Å². The van der Waals surface area contributed by atoms with Crippen LogP contribution in [0.1, 0.15) is 36.6 Å². The Kier molecular flexibility index (Phi) is 3.91. The number of rotatable bonds is 3. The van der Waals surface area contributed by atoms with Gasteiger partial charge in [0.15, 0.2) is 0 Å². The number of thioether (sulfide) groups is 1. The topological polar surface area (TPSA) is 43.6 Å². The molecule has 0 unspecified atom stereocenters. The zero-order valence-electron chi connectivity index (χ0n) is 13.6. The molecule has 2 aromatic heterocycles. The smallest absolute Gasteiger partial charge is 0.145 e. The number of hydrogen-bond donors (Lipinski definition) is 0. The molecule has 0 spiro atoms. The maximum atomic E-state index is 4.61. The lowest BCUT2D eigenvalue weighted by Crippen LogP contribution is -2.02.